The Morgan fingerprint density at radius 1 is 0.808 bits per heavy atom. The summed E-state index contributed by atoms with van der Waals surface area (Å²) < 4.78 is 5.38. The van der Waals surface area contributed by atoms with Gasteiger partial charge in [-0.2, -0.15) is 4.98 Å². The van der Waals surface area contributed by atoms with Gasteiger partial charge >= 0.3 is 0 Å². The molecule has 1 aromatic carbocycles. The molecule has 0 aliphatic heterocycles. The van der Waals surface area contributed by atoms with Crippen LogP contribution in [0.4, 0.5) is 0 Å². The molecule has 0 spiro atoms. The lowest BCUT2D eigenvalue weighted by Gasteiger charge is -2.00. The monoisotopic (exact) mass is 344 g/mol. The van der Waals surface area contributed by atoms with E-state index in [0.717, 1.165) is 22.5 Å². The third-order valence-corrected chi connectivity index (χ3v) is 3.93. The Kier molecular flexibility index (Phi) is 4.49. The number of rotatable bonds is 5. The molecule has 0 amide bonds. The van der Waals surface area contributed by atoms with Crippen LogP contribution in [0.25, 0.3) is 34.4 Å². The van der Waals surface area contributed by atoms with Crippen molar-refractivity contribution in [3.63, 3.8) is 0 Å². The molecule has 6 nitrogen and oxygen atoms in total. The third kappa shape index (κ3) is 3.36. The van der Waals surface area contributed by atoms with Crippen LogP contribution in [0, 0.1) is 0 Å². The number of aliphatic hydroxyl groups excluding tert-OH is 1. The highest BCUT2D eigenvalue weighted by Gasteiger charge is 2.12. The molecule has 4 aromatic rings. The fraction of sp³-hybridized carbons (Fsp3) is 0.100. The predicted molar refractivity (Wildman–Crippen MR) is 97.0 cm³/mol. The molecule has 3 aromatic heterocycles. The summed E-state index contributed by atoms with van der Waals surface area (Å²) in [6.07, 6.45) is 2.36. The second-order valence-electron chi connectivity index (χ2n) is 5.72. The number of hydrogen-bond acceptors (Lipinski definition) is 6. The maximum Gasteiger partial charge on any atom is 0.258 e. The molecule has 0 atom stereocenters. The van der Waals surface area contributed by atoms with Crippen molar-refractivity contribution in [1.29, 1.82) is 0 Å². The zero-order chi connectivity index (χ0) is 17.8. The smallest absolute Gasteiger partial charge is 0.258 e. The summed E-state index contributed by atoms with van der Waals surface area (Å²) in [7, 11) is 0. The van der Waals surface area contributed by atoms with Crippen molar-refractivity contribution in [2.45, 2.75) is 6.42 Å². The van der Waals surface area contributed by atoms with E-state index in [1.165, 1.54) is 0 Å². The lowest BCUT2D eigenvalue weighted by atomic mass is 10.1. The zero-order valence-electron chi connectivity index (χ0n) is 13.9. The number of pyridine rings is 2. The summed E-state index contributed by atoms with van der Waals surface area (Å²) in [6.45, 7) is 0.127. The quantitative estimate of drug-likeness (QED) is 0.597. The number of aliphatic hydroxyl groups is 1. The van der Waals surface area contributed by atoms with Crippen molar-refractivity contribution in [2.75, 3.05) is 6.61 Å². The average Bonchev–Trinajstić information content (AvgIpc) is 3.20. The van der Waals surface area contributed by atoms with Gasteiger partial charge in [-0.05, 0) is 48.4 Å². The maximum atomic E-state index is 8.99. The fourth-order valence-corrected chi connectivity index (χ4v) is 2.60. The highest BCUT2D eigenvalue weighted by molar-refractivity contribution is 5.61. The Bertz CT molecular complexity index is 998. The number of hydrogen-bond donors (Lipinski definition) is 1. The lowest BCUT2D eigenvalue weighted by Crippen LogP contribution is -1.91. The van der Waals surface area contributed by atoms with Crippen molar-refractivity contribution in [1.82, 2.24) is 20.1 Å². The first kappa shape index (κ1) is 16.1. The van der Waals surface area contributed by atoms with Crippen LogP contribution in [-0.2, 0) is 6.42 Å². The number of benzene rings is 1. The van der Waals surface area contributed by atoms with E-state index in [4.69, 9.17) is 9.63 Å². The van der Waals surface area contributed by atoms with E-state index in [1.54, 1.807) is 6.20 Å². The Hall–Kier alpha value is -3.38. The first-order chi connectivity index (χ1) is 12.8. The van der Waals surface area contributed by atoms with Gasteiger partial charge in [-0.25, -0.2) is 4.98 Å². The van der Waals surface area contributed by atoms with Crippen molar-refractivity contribution < 1.29 is 9.63 Å². The molecule has 6 heteroatoms. The van der Waals surface area contributed by atoms with E-state index < -0.39 is 0 Å². The predicted octanol–water partition coefficient (Wildman–Crippen LogP) is 3.40. The van der Waals surface area contributed by atoms with Crippen LogP contribution in [0.1, 0.15) is 5.56 Å². The topological polar surface area (TPSA) is 84.9 Å². The zero-order valence-corrected chi connectivity index (χ0v) is 13.9. The van der Waals surface area contributed by atoms with Gasteiger partial charge in [0, 0.05) is 18.4 Å². The van der Waals surface area contributed by atoms with Crippen LogP contribution in [-0.4, -0.2) is 31.8 Å². The SMILES string of the molecule is OCCc1ccc(-c2nc(-c3cccc(-c4ccccn4)n3)no2)cc1. The van der Waals surface area contributed by atoms with Crippen LogP contribution in [0.2, 0.25) is 0 Å². The van der Waals surface area contributed by atoms with E-state index in [-0.39, 0.29) is 6.61 Å². The van der Waals surface area contributed by atoms with Crippen molar-refractivity contribution in [2.24, 2.45) is 0 Å². The summed E-state index contributed by atoms with van der Waals surface area (Å²) in [5, 5.41) is 13.0. The fourth-order valence-electron chi connectivity index (χ4n) is 2.60. The Balaban J connectivity index is 1.62. The lowest BCUT2D eigenvalue weighted by molar-refractivity contribution is 0.299. The first-order valence-electron chi connectivity index (χ1n) is 8.26. The summed E-state index contributed by atoms with van der Waals surface area (Å²) in [5.74, 6) is 0.859. The minimum Gasteiger partial charge on any atom is -0.396 e. The maximum absolute atomic E-state index is 8.99. The first-order valence-corrected chi connectivity index (χ1v) is 8.26. The molecule has 0 bridgehead atoms. The molecule has 3 heterocycles. The third-order valence-electron chi connectivity index (χ3n) is 3.93. The largest absolute Gasteiger partial charge is 0.396 e. The Morgan fingerprint density at radius 2 is 1.62 bits per heavy atom. The molecular weight excluding hydrogens is 328 g/mol. The molecule has 26 heavy (non-hydrogen) atoms. The molecule has 0 aliphatic carbocycles. The summed E-state index contributed by atoms with van der Waals surface area (Å²) in [5.41, 5.74) is 4.05. The van der Waals surface area contributed by atoms with Crippen molar-refractivity contribution >= 4 is 0 Å². The molecular formula is C20H16N4O2. The van der Waals surface area contributed by atoms with Crippen LogP contribution < -0.4 is 0 Å². The van der Waals surface area contributed by atoms with E-state index in [9.17, 15) is 0 Å². The van der Waals surface area contributed by atoms with E-state index in [2.05, 4.69) is 20.1 Å². The molecule has 0 unspecified atom stereocenters. The van der Waals surface area contributed by atoms with Crippen molar-refractivity contribution in [3.8, 4) is 34.4 Å². The van der Waals surface area contributed by atoms with Gasteiger partial charge < -0.3 is 9.63 Å². The van der Waals surface area contributed by atoms with Crippen molar-refractivity contribution in [3.05, 3.63) is 72.4 Å². The minimum atomic E-state index is 0.127. The normalized spacial score (nSPS) is 10.8. The molecule has 128 valence electrons. The van der Waals surface area contributed by atoms with E-state index >= 15 is 0 Å². The highest BCUT2D eigenvalue weighted by Crippen LogP contribution is 2.23. The average molecular weight is 344 g/mol. The Labute approximate surface area is 150 Å². The Morgan fingerprint density at radius 3 is 2.38 bits per heavy atom. The van der Waals surface area contributed by atoms with Gasteiger partial charge in [-0.1, -0.05) is 29.4 Å². The summed E-state index contributed by atoms with van der Waals surface area (Å²) >= 11 is 0. The van der Waals surface area contributed by atoms with Gasteiger partial charge in [-0.3, -0.25) is 4.98 Å². The molecule has 0 radical (unpaired) electrons. The van der Waals surface area contributed by atoms with Gasteiger partial charge in [0.1, 0.15) is 5.69 Å². The molecule has 0 saturated carbocycles. The van der Waals surface area contributed by atoms with Gasteiger partial charge in [0.05, 0.1) is 11.4 Å². The summed E-state index contributed by atoms with van der Waals surface area (Å²) in [6, 6.07) is 19.0. The van der Waals surface area contributed by atoms with Gasteiger partial charge in [0.25, 0.3) is 5.89 Å². The second kappa shape index (κ2) is 7.25. The van der Waals surface area contributed by atoms with Gasteiger partial charge in [-0.15, -0.1) is 0 Å². The van der Waals surface area contributed by atoms with Gasteiger partial charge in [0.15, 0.2) is 0 Å². The van der Waals surface area contributed by atoms with Crippen LogP contribution in [0.3, 0.4) is 0 Å². The highest BCUT2D eigenvalue weighted by atomic mass is 16.5. The molecule has 0 saturated heterocycles. The number of aromatic nitrogens is 4. The number of nitrogens with zero attached hydrogens (tertiary/aromatic N) is 4. The van der Waals surface area contributed by atoms with Gasteiger partial charge in [0.2, 0.25) is 5.82 Å². The van der Waals surface area contributed by atoms with E-state index in [1.807, 2.05) is 60.7 Å². The molecule has 1 N–H and O–H groups in total. The second-order valence-corrected chi connectivity index (χ2v) is 5.72. The molecule has 0 fully saturated rings. The molecule has 4 rings (SSSR count). The van der Waals surface area contributed by atoms with Crippen LogP contribution >= 0.6 is 0 Å². The van der Waals surface area contributed by atoms with Crippen LogP contribution in [0.15, 0.2) is 71.4 Å². The summed E-state index contributed by atoms with van der Waals surface area (Å²) in [4.78, 5) is 13.3. The minimum absolute atomic E-state index is 0.127. The van der Waals surface area contributed by atoms with Crippen LogP contribution in [0.5, 0.6) is 0 Å². The standard InChI is InChI=1S/C20H16N4O2/c25-13-11-14-7-9-15(10-8-14)20-23-19(24-26-20)18-6-3-5-17(22-18)16-4-1-2-12-21-16/h1-10,12,25H,11,13H2. The molecule has 0 aliphatic rings. The van der Waals surface area contributed by atoms with E-state index in [0.29, 0.717) is 23.8 Å².